The summed E-state index contributed by atoms with van der Waals surface area (Å²) in [7, 11) is 0. The Morgan fingerprint density at radius 3 is 2.72 bits per heavy atom. The fourth-order valence-electron chi connectivity index (χ4n) is 3.27. The molecule has 1 amide bonds. The van der Waals surface area contributed by atoms with Crippen LogP contribution in [0.5, 0.6) is 0 Å². The van der Waals surface area contributed by atoms with Crippen molar-refractivity contribution in [2.75, 3.05) is 13.1 Å². The maximum Gasteiger partial charge on any atom is 0.246 e. The normalized spacial score (nSPS) is 20.4. The highest BCUT2D eigenvalue weighted by molar-refractivity contribution is 7.10. The maximum absolute atomic E-state index is 12.6. The van der Waals surface area contributed by atoms with Gasteiger partial charge in [-0.05, 0) is 23.1 Å². The molecule has 1 aromatic carbocycles. The van der Waals surface area contributed by atoms with E-state index in [-0.39, 0.29) is 17.7 Å². The van der Waals surface area contributed by atoms with E-state index in [9.17, 15) is 4.79 Å². The van der Waals surface area contributed by atoms with E-state index in [1.165, 1.54) is 12.0 Å². The van der Waals surface area contributed by atoms with Gasteiger partial charge in [0.25, 0.3) is 0 Å². The lowest BCUT2D eigenvalue weighted by Gasteiger charge is -2.15. The van der Waals surface area contributed by atoms with Crippen LogP contribution < -0.4 is 0 Å². The highest BCUT2D eigenvalue weighted by Gasteiger charge is 2.38. The summed E-state index contributed by atoms with van der Waals surface area (Å²) >= 11 is 1.61. The third-order valence-corrected chi connectivity index (χ3v) is 5.34. The first-order chi connectivity index (χ1) is 12.3. The zero-order valence-electron chi connectivity index (χ0n) is 13.5. The van der Waals surface area contributed by atoms with E-state index in [1.54, 1.807) is 17.4 Å². The number of hydrogen-bond acceptors (Lipinski definition) is 5. The lowest BCUT2D eigenvalue weighted by atomic mass is 9.88. The fourth-order valence-corrected chi connectivity index (χ4v) is 3.89. The van der Waals surface area contributed by atoms with Gasteiger partial charge in [-0.15, -0.1) is 11.3 Å². The number of carbonyl (C=O) groups is 1. The minimum absolute atomic E-state index is 0.0142. The zero-order valence-corrected chi connectivity index (χ0v) is 14.3. The third kappa shape index (κ3) is 3.39. The van der Waals surface area contributed by atoms with Crippen LogP contribution >= 0.6 is 11.3 Å². The van der Waals surface area contributed by atoms with Crippen LogP contribution in [0, 0.1) is 0 Å². The van der Waals surface area contributed by atoms with Gasteiger partial charge >= 0.3 is 0 Å². The van der Waals surface area contributed by atoms with Crippen LogP contribution in [0.25, 0.3) is 6.08 Å². The molecule has 25 heavy (non-hydrogen) atoms. The molecule has 0 bridgehead atoms. The van der Waals surface area contributed by atoms with Gasteiger partial charge in [-0.2, -0.15) is 4.98 Å². The van der Waals surface area contributed by atoms with Crippen molar-refractivity contribution in [1.29, 1.82) is 0 Å². The largest absolute Gasteiger partial charge is 0.343 e. The molecule has 2 atom stereocenters. The van der Waals surface area contributed by atoms with E-state index in [2.05, 4.69) is 22.3 Å². The number of aromatic nitrogens is 2. The van der Waals surface area contributed by atoms with Gasteiger partial charge in [-0.25, -0.2) is 0 Å². The number of thiophene rings is 1. The Balaban J connectivity index is 1.56. The van der Waals surface area contributed by atoms with Crippen LogP contribution in [0.4, 0.5) is 0 Å². The van der Waals surface area contributed by atoms with E-state index >= 15 is 0 Å². The molecule has 5 nitrogen and oxygen atoms in total. The number of rotatable bonds is 4. The Morgan fingerprint density at radius 1 is 1.16 bits per heavy atom. The molecule has 2 aromatic heterocycles. The molecule has 1 fully saturated rings. The average Bonchev–Trinajstić information content (AvgIpc) is 3.41. The second-order valence-corrected chi connectivity index (χ2v) is 6.98. The topological polar surface area (TPSA) is 59.2 Å². The van der Waals surface area contributed by atoms with E-state index in [4.69, 9.17) is 4.52 Å². The zero-order chi connectivity index (χ0) is 17.1. The van der Waals surface area contributed by atoms with Crippen molar-refractivity contribution in [3.8, 4) is 0 Å². The van der Waals surface area contributed by atoms with Gasteiger partial charge in [0, 0.05) is 35.9 Å². The lowest BCUT2D eigenvalue weighted by molar-refractivity contribution is -0.125. The molecule has 6 heteroatoms. The first-order valence-corrected chi connectivity index (χ1v) is 9.01. The summed E-state index contributed by atoms with van der Waals surface area (Å²) in [6.07, 6.45) is 4.86. The van der Waals surface area contributed by atoms with E-state index < -0.39 is 0 Å². The van der Waals surface area contributed by atoms with Crippen molar-refractivity contribution >= 4 is 23.3 Å². The van der Waals surface area contributed by atoms with Crippen LogP contribution in [0.3, 0.4) is 0 Å². The Hall–Kier alpha value is -2.73. The molecule has 0 N–H and O–H groups in total. The van der Waals surface area contributed by atoms with Crippen LogP contribution in [-0.4, -0.2) is 34.0 Å². The number of amides is 1. The molecular weight excluding hydrogens is 334 g/mol. The number of benzene rings is 1. The number of carbonyl (C=O) groups excluding carboxylic acids is 1. The fraction of sp³-hybridized carbons (Fsp3) is 0.211. The van der Waals surface area contributed by atoms with Crippen LogP contribution in [0.15, 0.2) is 64.8 Å². The van der Waals surface area contributed by atoms with Gasteiger partial charge in [0.2, 0.25) is 12.3 Å². The molecule has 126 valence electrons. The van der Waals surface area contributed by atoms with Crippen LogP contribution in [0.2, 0.25) is 0 Å². The minimum Gasteiger partial charge on any atom is -0.343 e. The molecule has 0 saturated carbocycles. The van der Waals surface area contributed by atoms with Gasteiger partial charge in [-0.3, -0.25) is 4.79 Å². The quantitative estimate of drug-likeness (QED) is 0.675. The molecule has 1 aliphatic rings. The molecule has 1 aliphatic heterocycles. The first kappa shape index (κ1) is 15.8. The summed E-state index contributed by atoms with van der Waals surface area (Å²) in [6.45, 7) is 1.24. The van der Waals surface area contributed by atoms with Crippen molar-refractivity contribution in [3.05, 3.63) is 76.6 Å². The molecule has 0 unspecified atom stereocenters. The monoisotopic (exact) mass is 351 g/mol. The summed E-state index contributed by atoms with van der Waals surface area (Å²) in [5.41, 5.74) is 1.19. The van der Waals surface area contributed by atoms with E-state index in [0.29, 0.717) is 18.9 Å². The SMILES string of the molecule is O=C(/C=C\c1cccs1)N1C[C@@H](c2ccccc2)[C@H](c2ncon2)C1. The Bertz CT molecular complexity index is 844. The Labute approximate surface area is 149 Å². The summed E-state index contributed by atoms with van der Waals surface area (Å²) in [5.74, 6) is 0.879. The molecule has 1 saturated heterocycles. The van der Waals surface area contributed by atoms with Crippen LogP contribution in [0.1, 0.15) is 28.1 Å². The summed E-state index contributed by atoms with van der Waals surface area (Å²) in [4.78, 5) is 19.8. The number of hydrogen-bond donors (Lipinski definition) is 0. The second-order valence-electron chi connectivity index (χ2n) is 6.01. The van der Waals surface area contributed by atoms with Crippen molar-refractivity contribution in [3.63, 3.8) is 0 Å². The molecule has 0 spiro atoms. The standard InChI is InChI=1S/C19H17N3O2S/c23-18(9-8-15-7-4-10-25-15)22-11-16(14-5-2-1-3-6-14)17(12-22)19-20-13-24-21-19/h1-10,13,16-17H,11-12H2/b9-8-/t16-,17+/m0/s1. The van der Waals surface area contributed by atoms with Gasteiger partial charge < -0.3 is 9.42 Å². The molecule has 3 heterocycles. The smallest absolute Gasteiger partial charge is 0.246 e. The van der Waals surface area contributed by atoms with Crippen molar-refractivity contribution in [1.82, 2.24) is 15.0 Å². The lowest BCUT2D eigenvalue weighted by Crippen LogP contribution is -2.27. The molecule has 0 radical (unpaired) electrons. The molecular formula is C19H17N3O2S. The molecule has 4 rings (SSSR count). The van der Waals surface area contributed by atoms with Gasteiger partial charge in [0.1, 0.15) is 0 Å². The van der Waals surface area contributed by atoms with Gasteiger partial charge in [0.15, 0.2) is 5.82 Å². The molecule has 3 aromatic rings. The second kappa shape index (κ2) is 7.03. The van der Waals surface area contributed by atoms with Crippen molar-refractivity contribution in [2.45, 2.75) is 11.8 Å². The third-order valence-electron chi connectivity index (χ3n) is 4.50. The number of nitrogens with zero attached hydrogens (tertiary/aromatic N) is 3. The van der Waals surface area contributed by atoms with Gasteiger partial charge in [-0.1, -0.05) is 41.6 Å². The Morgan fingerprint density at radius 2 is 2.00 bits per heavy atom. The highest BCUT2D eigenvalue weighted by atomic mass is 32.1. The van der Waals surface area contributed by atoms with Crippen molar-refractivity contribution < 1.29 is 9.32 Å². The van der Waals surface area contributed by atoms with Gasteiger partial charge in [0.05, 0.1) is 0 Å². The predicted octanol–water partition coefficient (Wildman–Crippen LogP) is 3.55. The predicted molar refractivity (Wildman–Crippen MR) is 96.2 cm³/mol. The summed E-state index contributed by atoms with van der Waals surface area (Å²) in [5, 5.41) is 6.01. The van der Waals surface area contributed by atoms with Crippen LogP contribution in [-0.2, 0) is 4.79 Å². The van der Waals surface area contributed by atoms with E-state index in [1.807, 2.05) is 46.7 Å². The summed E-state index contributed by atoms with van der Waals surface area (Å²) < 4.78 is 4.93. The average molecular weight is 351 g/mol. The summed E-state index contributed by atoms with van der Waals surface area (Å²) in [6, 6.07) is 14.2. The van der Waals surface area contributed by atoms with Crippen molar-refractivity contribution in [2.24, 2.45) is 0 Å². The maximum atomic E-state index is 12.6. The molecule has 0 aliphatic carbocycles. The first-order valence-electron chi connectivity index (χ1n) is 8.13. The minimum atomic E-state index is 0.0142. The number of likely N-dealkylation sites (tertiary alicyclic amines) is 1. The van der Waals surface area contributed by atoms with E-state index in [0.717, 1.165) is 4.88 Å². The highest BCUT2D eigenvalue weighted by Crippen LogP contribution is 2.38. The Kier molecular flexibility index (Phi) is 4.43.